The van der Waals surface area contributed by atoms with Crippen molar-refractivity contribution in [2.24, 2.45) is 5.92 Å². The predicted molar refractivity (Wildman–Crippen MR) is 123 cm³/mol. The van der Waals surface area contributed by atoms with Crippen molar-refractivity contribution < 1.29 is 19.8 Å². The quantitative estimate of drug-likeness (QED) is 0.563. The molecule has 1 saturated heterocycles. The topological polar surface area (TPSA) is 105 Å². The van der Waals surface area contributed by atoms with Crippen molar-refractivity contribution in [3.8, 4) is 0 Å². The maximum atomic E-state index is 10.5. The summed E-state index contributed by atoms with van der Waals surface area (Å²) in [6.45, 7) is 12.8. The van der Waals surface area contributed by atoms with Crippen molar-refractivity contribution in [3.05, 3.63) is 47.2 Å². The summed E-state index contributed by atoms with van der Waals surface area (Å²) in [6, 6.07) is 5.39. The molecule has 0 radical (unpaired) electrons. The van der Waals surface area contributed by atoms with E-state index in [1.54, 1.807) is 6.92 Å². The molecule has 0 spiro atoms. The fraction of sp³-hybridized carbons (Fsp3) is 0.565. The predicted octanol–water partition coefficient (Wildman–Crippen LogP) is 2.66. The molecule has 8 nitrogen and oxygen atoms in total. The summed E-state index contributed by atoms with van der Waals surface area (Å²) in [6.07, 6.45) is 4.58. The Morgan fingerprint density at radius 1 is 0.935 bits per heavy atom. The summed E-state index contributed by atoms with van der Waals surface area (Å²) in [7, 11) is 4.43. The number of carboxylic acids is 2. The number of aromatic carboxylic acids is 2. The monoisotopic (exact) mass is 434 g/mol. The standard InChI is InChI=1S/C10H22N2.C9H8O4.C4H8N2/c1-7-8(2)11(5)10(4)12(6)9(7)3;1-5-2-6(8(10)11)4-7(3-5)9(12)13;1-2-5-4-6-3-1/h7-10H,1-6H3;2-4H,1H3,(H,10,11)(H,12,13);1-2,5-6H,3-4H2. The van der Waals surface area contributed by atoms with Crippen LogP contribution < -0.4 is 10.6 Å². The highest BCUT2D eigenvalue weighted by Gasteiger charge is 2.35. The lowest BCUT2D eigenvalue weighted by Gasteiger charge is -2.50. The Balaban J connectivity index is 0.000000247. The molecule has 0 saturated carbocycles. The average Bonchev–Trinajstić information content (AvgIpc) is 2.76. The largest absolute Gasteiger partial charge is 0.478 e. The molecule has 3 rings (SSSR count). The van der Waals surface area contributed by atoms with Gasteiger partial charge in [-0.2, -0.15) is 0 Å². The van der Waals surface area contributed by atoms with Crippen LogP contribution in [0.3, 0.4) is 0 Å². The van der Waals surface area contributed by atoms with Gasteiger partial charge in [0.05, 0.1) is 24.0 Å². The van der Waals surface area contributed by atoms with Crippen LogP contribution in [0.5, 0.6) is 0 Å². The van der Waals surface area contributed by atoms with E-state index >= 15 is 0 Å². The third-order valence-corrected chi connectivity index (χ3v) is 6.28. The molecule has 1 aromatic rings. The van der Waals surface area contributed by atoms with E-state index in [4.69, 9.17) is 10.2 Å². The summed E-state index contributed by atoms with van der Waals surface area (Å²) < 4.78 is 0. The minimum Gasteiger partial charge on any atom is -0.478 e. The van der Waals surface area contributed by atoms with Crippen LogP contribution in [0.1, 0.15) is 54.0 Å². The average molecular weight is 435 g/mol. The van der Waals surface area contributed by atoms with Gasteiger partial charge in [0.1, 0.15) is 0 Å². The van der Waals surface area contributed by atoms with Gasteiger partial charge in [0.15, 0.2) is 0 Å². The molecule has 2 aliphatic rings. The second-order valence-corrected chi connectivity index (χ2v) is 8.24. The SMILES string of the molecule is C1=CNCNC1.CC1C(C)N(C)C(C)N(C)C1C.Cc1cc(C(=O)O)cc(C(=O)O)c1. The van der Waals surface area contributed by atoms with Crippen LogP contribution in [0.4, 0.5) is 0 Å². The first kappa shape index (κ1) is 26.6. The number of hydrogen-bond acceptors (Lipinski definition) is 6. The number of nitrogens with one attached hydrogen (secondary N) is 2. The Morgan fingerprint density at radius 3 is 1.71 bits per heavy atom. The summed E-state index contributed by atoms with van der Waals surface area (Å²) in [5.41, 5.74) is 0.618. The van der Waals surface area contributed by atoms with Crippen LogP contribution in [-0.2, 0) is 0 Å². The minimum absolute atomic E-state index is 0.00241. The van der Waals surface area contributed by atoms with Gasteiger partial charge in [0.25, 0.3) is 0 Å². The Kier molecular flexibility index (Phi) is 10.7. The van der Waals surface area contributed by atoms with Crippen molar-refractivity contribution in [1.29, 1.82) is 0 Å². The van der Waals surface area contributed by atoms with Crippen LogP contribution in [0.15, 0.2) is 30.5 Å². The zero-order valence-corrected chi connectivity index (χ0v) is 19.7. The zero-order valence-electron chi connectivity index (χ0n) is 19.7. The van der Waals surface area contributed by atoms with Crippen molar-refractivity contribution >= 4 is 11.9 Å². The summed E-state index contributed by atoms with van der Waals surface area (Å²) in [5.74, 6) is -1.48. The van der Waals surface area contributed by atoms with E-state index in [0.717, 1.165) is 25.2 Å². The highest BCUT2D eigenvalue weighted by atomic mass is 16.4. The Hall–Kier alpha value is -2.42. The molecule has 2 aliphatic heterocycles. The zero-order chi connectivity index (χ0) is 23.7. The third kappa shape index (κ3) is 7.97. The van der Waals surface area contributed by atoms with Gasteiger partial charge in [0.2, 0.25) is 0 Å². The number of aryl methyl sites for hydroxylation is 1. The van der Waals surface area contributed by atoms with Gasteiger partial charge in [0, 0.05) is 18.6 Å². The van der Waals surface area contributed by atoms with Gasteiger partial charge in [-0.15, -0.1) is 0 Å². The Labute approximate surface area is 185 Å². The lowest BCUT2D eigenvalue weighted by molar-refractivity contribution is -0.0498. The van der Waals surface area contributed by atoms with Gasteiger partial charge in [-0.3, -0.25) is 15.1 Å². The fourth-order valence-corrected chi connectivity index (χ4v) is 3.57. The van der Waals surface area contributed by atoms with Crippen LogP contribution in [-0.4, -0.2) is 77.5 Å². The summed E-state index contributed by atoms with van der Waals surface area (Å²) in [4.78, 5) is 26.0. The molecule has 31 heavy (non-hydrogen) atoms. The molecule has 4 N–H and O–H groups in total. The molecule has 2 heterocycles. The molecule has 174 valence electrons. The molecule has 1 fully saturated rings. The van der Waals surface area contributed by atoms with Crippen LogP contribution in [0.2, 0.25) is 0 Å². The molecule has 0 amide bonds. The van der Waals surface area contributed by atoms with Crippen molar-refractivity contribution in [1.82, 2.24) is 20.4 Å². The lowest BCUT2D eigenvalue weighted by Crippen LogP contribution is -2.60. The first-order chi connectivity index (χ1) is 14.5. The number of nitrogens with zero attached hydrogens (tertiary/aromatic N) is 2. The maximum absolute atomic E-state index is 10.5. The van der Waals surface area contributed by atoms with Gasteiger partial charge < -0.3 is 15.5 Å². The van der Waals surface area contributed by atoms with E-state index in [9.17, 15) is 9.59 Å². The normalized spacial score (nSPS) is 25.9. The lowest BCUT2D eigenvalue weighted by atomic mass is 9.90. The van der Waals surface area contributed by atoms with Crippen LogP contribution in [0, 0.1) is 12.8 Å². The molecule has 0 aromatic heterocycles. The second-order valence-electron chi connectivity index (χ2n) is 8.24. The highest BCUT2D eigenvalue weighted by Crippen LogP contribution is 2.26. The van der Waals surface area contributed by atoms with Gasteiger partial charge in [-0.05, 0) is 77.7 Å². The van der Waals surface area contributed by atoms with E-state index in [1.165, 1.54) is 12.1 Å². The van der Waals surface area contributed by atoms with E-state index in [2.05, 4.69) is 62.2 Å². The smallest absolute Gasteiger partial charge is 0.335 e. The maximum Gasteiger partial charge on any atom is 0.335 e. The Morgan fingerprint density at radius 2 is 1.42 bits per heavy atom. The third-order valence-electron chi connectivity index (χ3n) is 6.28. The molecule has 8 heteroatoms. The number of hydrogen-bond donors (Lipinski definition) is 4. The van der Waals surface area contributed by atoms with Gasteiger partial charge >= 0.3 is 11.9 Å². The van der Waals surface area contributed by atoms with E-state index in [0.29, 0.717) is 23.8 Å². The van der Waals surface area contributed by atoms with E-state index < -0.39 is 11.9 Å². The van der Waals surface area contributed by atoms with Crippen molar-refractivity contribution in [2.45, 2.75) is 52.9 Å². The number of carboxylic acid groups (broad SMARTS) is 2. The fourth-order valence-electron chi connectivity index (χ4n) is 3.57. The summed E-state index contributed by atoms with van der Waals surface area (Å²) >= 11 is 0. The number of benzene rings is 1. The molecule has 0 aliphatic carbocycles. The molecule has 2 atom stereocenters. The van der Waals surface area contributed by atoms with Crippen molar-refractivity contribution in [3.63, 3.8) is 0 Å². The molecule has 1 aromatic carbocycles. The number of carbonyl (C=O) groups is 2. The highest BCUT2D eigenvalue weighted by molar-refractivity contribution is 5.94. The van der Waals surface area contributed by atoms with Crippen LogP contribution in [0.25, 0.3) is 0 Å². The van der Waals surface area contributed by atoms with Gasteiger partial charge in [-0.1, -0.05) is 13.0 Å². The molecular weight excluding hydrogens is 396 g/mol. The van der Waals surface area contributed by atoms with Crippen molar-refractivity contribution in [2.75, 3.05) is 27.3 Å². The van der Waals surface area contributed by atoms with E-state index in [-0.39, 0.29) is 11.1 Å². The molecule has 2 unspecified atom stereocenters. The van der Waals surface area contributed by atoms with E-state index in [1.807, 2.05) is 12.3 Å². The van der Waals surface area contributed by atoms with Gasteiger partial charge in [-0.25, -0.2) is 9.59 Å². The minimum atomic E-state index is -1.12. The van der Waals surface area contributed by atoms with Crippen LogP contribution >= 0.6 is 0 Å². The number of rotatable bonds is 2. The summed E-state index contributed by atoms with van der Waals surface area (Å²) in [5, 5.41) is 23.3. The molecule has 0 bridgehead atoms. The Bertz CT molecular complexity index is 669. The first-order valence-electron chi connectivity index (χ1n) is 10.6. The second kappa shape index (κ2) is 12.4. The molecular formula is C23H38N4O4. The first-order valence-corrected chi connectivity index (χ1v) is 10.6.